The molecule has 1 aromatic heterocycles. The summed E-state index contributed by atoms with van der Waals surface area (Å²) in [7, 11) is 0. The molecule has 0 amide bonds. The molecular formula is C12H16N2. The summed E-state index contributed by atoms with van der Waals surface area (Å²) in [6.07, 6.45) is 2.16. The normalized spacial score (nSPS) is 11.1. The van der Waals surface area contributed by atoms with Crippen LogP contribution in [0.15, 0.2) is 24.4 Å². The van der Waals surface area contributed by atoms with Crippen molar-refractivity contribution in [3.8, 4) is 0 Å². The molecule has 0 saturated carbocycles. The number of aryl methyl sites for hydroxylation is 2. The van der Waals surface area contributed by atoms with Gasteiger partial charge in [-0.15, -0.1) is 0 Å². The second kappa shape index (κ2) is 3.46. The third kappa shape index (κ3) is 1.23. The average molecular weight is 188 g/mol. The average Bonchev–Trinajstić information content (AvgIpc) is 2.57. The lowest BCUT2D eigenvalue weighted by Crippen LogP contribution is -1.95. The number of hydrogen-bond donors (Lipinski definition) is 1. The number of nitrogens with zero attached hydrogens (tertiary/aromatic N) is 1. The highest BCUT2D eigenvalue weighted by molar-refractivity contribution is 5.86. The monoisotopic (exact) mass is 188 g/mol. The van der Waals surface area contributed by atoms with Crippen molar-refractivity contribution in [1.29, 1.82) is 0 Å². The first-order valence-corrected chi connectivity index (χ1v) is 5.05. The van der Waals surface area contributed by atoms with Crippen LogP contribution in [0.25, 0.3) is 10.9 Å². The van der Waals surface area contributed by atoms with Gasteiger partial charge in [-0.1, -0.05) is 18.2 Å². The van der Waals surface area contributed by atoms with Gasteiger partial charge in [0.1, 0.15) is 0 Å². The van der Waals surface area contributed by atoms with Gasteiger partial charge < -0.3 is 10.3 Å². The molecule has 0 aliphatic heterocycles. The minimum absolute atomic E-state index is 0.618. The van der Waals surface area contributed by atoms with Crippen LogP contribution in [-0.2, 0) is 13.1 Å². The van der Waals surface area contributed by atoms with Gasteiger partial charge in [-0.2, -0.15) is 0 Å². The number of nitrogens with two attached hydrogens (primary N) is 1. The van der Waals surface area contributed by atoms with Crippen molar-refractivity contribution in [3.05, 3.63) is 35.5 Å². The van der Waals surface area contributed by atoms with Gasteiger partial charge in [0.25, 0.3) is 0 Å². The second-order valence-electron chi connectivity index (χ2n) is 3.62. The topological polar surface area (TPSA) is 30.9 Å². The highest BCUT2D eigenvalue weighted by Crippen LogP contribution is 2.23. The third-order valence-corrected chi connectivity index (χ3v) is 2.74. The largest absolute Gasteiger partial charge is 0.347 e. The van der Waals surface area contributed by atoms with Crippen molar-refractivity contribution in [2.24, 2.45) is 5.73 Å². The molecule has 2 heteroatoms. The molecule has 0 fully saturated rings. The Kier molecular flexibility index (Phi) is 2.30. The number of rotatable bonds is 2. The highest BCUT2D eigenvalue weighted by Gasteiger charge is 2.07. The zero-order valence-electron chi connectivity index (χ0n) is 8.75. The molecule has 0 bridgehead atoms. The van der Waals surface area contributed by atoms with Crippen LogP contribution >= 0.6 is 0 Å². The Morgan fingerprint density at radius 1 is 1.36 bits per heavy atom. The summed E-state index contributed by atoms with van der Waals surface area (Å²) in [5, 5.41) is 1.30. The molecule has 74 valence electrons. The molecule has 0 aliphatic rings. The van der Waals surface area contributed by atoms with Crippen molar-refractivity contribution in [1.82, 2.24) is 4.57 Å². The highest BCUT2D eigenvalue weighted by atomic mass is 15.0. The van der Waals surface area contributed by atoms with Gasteiger partial charge in [-0.3, -0.25) is 0 Å². The Labute approximate surface area is 84.3 Å². The minimum atomic E-state index is 0.618. The molecule has 2 N–H and O–H groups in total. The van der Waals surface area contributed by atoms with Crippen LogP contribution in [0.3, 0.4) is 0 Å². The summed E-state index contributed by atoms with van der Waals surface area (Å²) >= 11 is 0. The summed E-state index contributed by atoms with van der Waals surface area (Å²) in [4.78, 5) is 0. The van der Waals surface area contributed by atoms with Crippen molar-refractivity contribution in [3.63, 3.8) is 0 Å². The van der Waals surface area contributed by atoms with Crippen molar-refractivity contribution in [2.75, 3.05) is 0 Å². The van der Waals surface area contributed by atoms with E-state index >= 15 is 0 Å². The van der Waals surface area contributed by atoms with E-state index in [-0.39, 0.29) is 0 Å². The molecular weight excluding hydrogens is 172 g/mol. The van der Waals surface area contributed by atoms with E-state index in [1.807, 2.05) is 0 Å². The summed E-state index contributed by atoms with van der Waals surface area (Å²) in [5.74, 6) is 0. The van der Waals surface area contributed by atoms with Gasteiger partial charge in [0.15, 0.2) is 0 Å². The summed E-state index contributed by atoms with van der Waals surface area (Å²) < 4.78 is 2.27. The summed E-state index contributed by atoms with van der Waals surface area (Å²) in [5.41, 5.74) is 9.61. The van der Waals surface area contributed by atoms with E-state index < -0.39 is 0 Å². The van der Waals surface area contributed by atoms with Crippen LogP contribution in [0.1, 0.15) is 18.1 Å². The lowest BCUT2D eigenvalue weighted by Gasteiger charge is -2.02. The number of para-hydroxylation sites is 1. The van der Waals surface area contributed by atoms with Gasteiger partial charge >= 0.3 is 0 Å². The first-order valence-electron chi connectivity index (χ1n) is 5.05. The molecule has 0 aliphatic carbocycles. The Bertz CT molecular complexity index is 455. The fourth-order valence-corrected chi connectivity index (χ4v) is 2.03. The van der Waals surface area contributed by atoms with Crippen LogP contribution in [0.4, 0.5) is 0 Å². The van der Waals surface area contributed by atoms with E-state index in [9.17, 15) is 0 Å². The molecule has 14 heavy (non-hydrogen) atoms. The van der Waals surface area contributed by atoms with E-state index in [0.29, 0.717) is 6.54 Å². The van der Waals surface area contributed by atoms with Crippen molar-refractivity contribution < 1.29 is 0 Å². The number of hydrogen-bond acceptors (Lipinski definition) is 1. The van der Waals surface area contributed by atoms with Gasteiger partial charge in [0, 0.05) is 24.7 Å². The molecule has 2 aromatic rings. The molecule has 2 nitrogen and oxygen atoms in total. The summed E-state index contributed by atoms with van der Waals surface area (Å²) in [6.45, 7) is 5.93. The number of benzene rings is 1. The van der Waals surface area contributed by atoms with Crippen LogP contribution < -0.4 is 5.73 Å². The van der Waals surface area contributed by atoms with E-state index in [4.69, 9.17) is 5.73 Å². The number of aromatic nitrogens is 1. The summed E-state index contributed by atoms with van der Waals surface area (Å²) in [6, 6.07) is 6.39. The molecule has 0 spiro atoms. The van der Waals surface area contributed by atoms with Gasteiger partial charge in [0.05, 0.1) is 5.52 Å². The maximum absolute atomic E-state index is 5.72. The predicted octanol–water partition coefficient (Wildman–Crippen LogP) is 2.43. The van der Waals surface area contributed by atoms with E-state index in [1.54, 1.807) is 0 Å². The molecule has 0 unspecified atom stereocenters. The lowest BCUT2D eigenvalue weighted by atomic mass is 10.1. The molecule has 0 radical (unpaired) electrons. The maximum atomic E-state index is 5.72. The zero-order valence-corrected chi connectivity index (χ0v) is 8.75. The van der Waals surface area contributed by atoms with Gasteiger partial charge in [0.2, 0.25) is 0 Å². The van der Waals surface area contributed by atoms with Crippen LogP contribution in [0.5, 0.6) is 0 Å². The lowest BCUT2D eigenvalue weighted by molar-refractivity contribution is 0.790. The smallest absolute Gasteiger partial charge is 0.0513 e. The fraction of sp³-hybridized carbons (Fsp3) is 0.333. The number of fused-ring (bicyclic) bond motifs is 1. The van der Waals surface area contributed by atoms with E-state index in [0.717, 1.165) is 6.54 Å². The second-order valence-corrected chi connectivity index (χ2v) is 3.62. The first-order chi connectivity index (χ1) is 6.77. The van der Waals surface area contributed by atoms with E-state index in [2.05, 4.69) is 42.8 Å². The third-order valence-electron chi connectivity index (χ3n) is 2.74. The van der Waals surface area contributed by atoms with Gasteiger partial charge in [-0.05, 0) is 25.0 Å². The van der Waals surface area contributed by atoms with Crippen molar-refractivity contribution >= 4 is 10.9 Å². The fourth-order valence-electron chi connectivity index (χ4n) is 2.03. The Morgan fingerprint density at radius 2 is 2.14 bits per heavy atom. The SMILES string of the molecule is CCn1cc(CN)c2cccc(C)c21. The maximum Gasteiger partial charge on any atom is 0.0513 e. The molecule has 1 aromatic carbocycles. The quantitative estimate of drug-likeness (QED) is 0.771. The Balaban J connectivity index is 2.82. The molecule has 0 atom stereocenters. The van der Waals surface area contributed by atoms with Crippen molar-refractivity contribution in [2.45, 2.75) is 26.9 Å². The molecule has 2 rings (SSSR count). The van der Waals surface area contributed by atoms with E-state index in [1.165, 1.54) is 22.0 Å². The predicted molar refractivity (Wildman–Crippen MR) is 60.2 cm³/mol. The zero-order chi connectivity index (χ0) is 10.1. The van der Waals surface area contributed by atoms with Crippen LogP contribution in [0.2, 0.25) is 0 Å². The standard InChI is InChI=1S/C12H16N2/c1-3-14-8-10(7-13)11-6-4-5-9(2)12(11)14/h4-6,8H,3,7,13H2,1-2H3. The Hall–Kier alpha value is -1.28. The van der Waals surface area contributed by atoms with Crippen LogP contribution in [0, 0.1) is 6.92 Å². The molecule has 1 heterocycles. The minimum Gasteiger partial charge on any atom is -0.347 e. The van der Waals surface area contributed by atoms with Crippen LogP contribution in [-0.4, -0.2) is 4.57 Å². The van der Waals surface area contributed by atoms with Gasteiger partial charge in [-0.25, -0.2) is 0 Å². The first kappa shape index (κ1) is 9.28. The molecule has 0 saturated heterocycles. The Morgan fingerprint density at radius 3 is 2.79 bits per heavy atom.